The Bertz CT molecular complexity index is 1280. The van der Waals surface area contributed by atoms with E-state index in [9.17, 15) is 0 Å². The number of fused-ring (bicyclic) bond motifs is 2. The van der Waals surface area contributed by atoms with Gasteiger partial charge in [-0.3, -0.25) is 0 Å². The molecule has 0 unspecified atom stereocenters. The zero-order valence-corrected chi connectivity index (χ0v) is 15.3. The molecule has 7 nitrogen and oxygen atoms in total. The molecule has 0 radical (unpaired) electrons. The largest absolute Gasteiger partial charge is 0.383 e. The van der Waals surface area contributed by atoms with Crippen molar-refractivity contribution in [3.8, 4) is 0 Å². The van der Waals surface area contributed by atoms with E-state index in [0.29, 0.717) is 18.2 Å². The number of nitrogens with one attached hydrogen (secondary N) is 3. The van der Waals surface area contributed by atoms with Crippen molar-refractivity contribution in [1.82, 2.24) is 24.9 Å². The van der Waals surface area contributed by atoms with Gasteiger partial charge in [-0.1, -0.05) is 12.1 Å². The number of nitrogen functional groups attached to an aromatic ring is 1. The number of nitrogens with zero attached hydrogens (tertiary/aromatic N) is 3. The van der Waals surface area contributed by atoms with Crippen molar-refractivity contribution in [2.75, 3.05) is 11.1 Å². The zero-order valence-electron chi connectivity index (χ0n) is 15.3. The van der Waals surface area contributed by atoms with Crippen LogP contribution in [0.4, 0.5) is 17.5 Å². The van der Waals surface area contributed by atoms with Gasteiger partial charge in [-0.25, -0.2) is 9.97 Å². The highest BCUT2D eigenvalue weighted by molar-refractivity contribution is 5.93. The van der Waals surface area contributed by atoms with E-state index in [2.05, 4.69) is 42.4 Å². The molecule has 0 aliphatic heterocycles. The van der Waals surface area contributed by atoms with Gasteiger partial charge in [0, 0.05) is 34.8 Å². The molecule has 0 amide bonds. The van der Waals surface area contributed by atoms with Crippen molar-refractivity contribution in [2.24, 2.45) is 0 Å². The van der Waals surface area contributed by atoms with E-state index in [1.807, 2.05) is 43.5 Å². The summed E-state index contributed by atoms with van der Waals surface area (Å²) < 4.78 is 0. The van der Waals surface area contributed by atoms with Gasteiger partial charge in [0.15, 0.2) is 0 Å². The molecular weight excluding hydrogens is 350 g/mol. The molecule has 0 aliphatic carbocycles. The first kappa shape index (κ1) is 16.3. The first-order valence-electron chi connectivity index (χ1n) is 9.05. The first-order chi connectivity index (χ1) is 13.7. The van der Waals surface area contributed by atoms with Crippen molar-refractivity contribution in [3.05, 3.63) is 71.8 Å². The summed E-state index contributed by atoms with van der Waals surface area (Å²) >= 11 is 0. The lowest BCUT2D eigenvalue weighted by Crippen LogP contribution is -2.08. The fourth-order valence-electron chi connectivity index (χ4n) is 3.50. The fourth-order valence-corrected chi connectivity index (χ4v) is 3.50. The number of rotatable bonds is 4. The van der Waals surface area contributed by atoms with Crippen molar-refractivity contribution >= 4 is 39.4 Å². The maximum atomic E-state index is 6.29. The third kappa shape index (κ3) is 2.83. The second kappa shape index (κ2) is 6.38. The quantitative estimate of drug-likeness (QED) is 0.382. The van der Waals surface area contributed by atoms with Gasteiger partial charge in [0.2, 0.25) is 5.95 Å². The number of anilines is 3. The summed E-state index contributed by atoms with van der Waals surface area (Å²) in [6.07, 6.45) is 4.28. The highest BCUT2D eigenvalue weighted by Gasteiger charge is 2.12. The minimum Gasteiger partial charge on any atom is -0.383 e. The van der Waals surface area contributed by atoms with E-state index in [4.69, 9.17) is 5.73 Å². The van der Waals surface area contributed by atoms with Crippen LogP contribution in [0.2, 0.25) is 0 Å². The number of hydrogen-bond acceptors (Lipinski definition) is 5. The lowest BCUT2D eigenvalue weighted by Gasteiger charge is -2.12. The summed E-state index contributed by atoms with van der Waals surface area (Å²) in [5.41, 5.74) is 13.2. The average molecular weight is 369 g/mol. The smallest absolute Gasteiger partial charge is 0.229 e. The number of imidazole rings is 1. The number of aromatic nitrogens is 5. The Morgan fingerprint density at radius 1 is 1.04 bits per heavy atom. The number of H-pyrrole nitrogens is 2. The van der Waals surface area contributed by atoms with Crippen LogP contribution in [0.1, 0.15) is 16.8 Å². The van der Waals surface area contributed by atoms with Gasteiger partial charge in [0.05, 0.1) is 23.0 Å². The van der Waals surface area contributed by atoms with Crippen LogP contribution in [0.3, 0.4) is 0 Å². The molecule has 5 aromatic rings. The summed E-state index contributed by atoms with van der Waals surface area (Å²) in [5.74, 6) is 0.984. The summed E-state index contributed by atoms with van der Waals surface area (Å²) in [6.45, 7) is 1.96. The molecule has 0 fully saturated rings. The Labute approximate surface area is 161 Å². The fraction of sp³-hybridized carbons (Fsp3) is 0.0952. The number of nitrogens with two attached hydrogens (primary N) is 1. The Hall–Kier alpha value is -3.87. The van der Waals surface area contributed by atoms with Crippen LogP contribution in [-0.4, -0.2) is 24.9 Å². The third-order valence-electron chi connectivity index (χ3n) is 4.95. The Morgan fingerprint density at radius 2 is 1.96 bits per heavy atom. The highest BCUT2D eigenvalue weighted by atomic mass is 15.1. The topological polar surface area (TPSA) is 108 Å². The van der Waals surface area contributed by atoms with E-state index in [-0.39, 0.29) is 0 Å². The molecular formula is C21H19N7. The van der Waals surface area contributed by atoms with Crippen LogP contribution < -0.4 is 11.1 Å². The average Bonchev–Trinajstić information content (AvgIpc) is 3.34. The van der Waals surface area contributed by atoms with E-state index in [1.165, 1.54) is 0 Å². The second-order valence-electron chi connectivity index (χ2n) is 6.80. The van der Waals surface area contributed by atoms with Crippen molar-refractivity contribution in [3.63, 3.8) is 0 Å². The van der Waals surface area contributed by atoms with Gasteiger partial charge in [-0.05, 0) is 42.8 Å². The van der Waals surface area contributed by atoms with Crippen LogP contribution in [0.15, 0.2) is 55.0 Å². The van der Waals surface area contributed by atoms with Crippen LogP contribution in [0, 0.1) is 6.92 Å². The number of aryl methyl sites for hydroxylation is 1. The Kier molecular flexibility index (Phi) is 3.72. The summed E-state index contributed by atoms with van der Waals surface area (Å²) in [4.78, 5) is 19.7. The molecule has 0 atom stereocenters. The molecule has 5 N–H and O–H groups in total. The van der Waals surface area contributed by atoms with E-state index >= 15 is 0 Å². The predicted octanol–water partition coefficient (Wildman–Crippen LogP) is 4.06. The Balaban J connectivity index is 1.45. The maximum Gasteiger partial charge on any atom is 0.229 e. The molecule has 5 rings (SSSR count). The monoisotopic (exact) mass is 369 g/mol. The maximum absolute atomic E-state index is 6.29. The van der Waals surface area contributed by atoms with Crippen LogP contribution in [0.25, 0.3) is 21.9 Å². The van der Waals surface area contributed by atoms with Gasteiger partial charge < -0.3 is 21.0 Å². The minimum absolute atomic E-state index is 0.487. The third-order valence-corrected chi connectivity index (χ3v) is 4.95. The molecule has 0 saturated carbocycles. The predicted molar refractivity (Wildman–Crippen MR) is 112 cm³/mol. The molecule has 7 heteroatoms. The number of benzene rings is 2. The molecule has 3 heterocycles. The molecule has 0 aliphatic rings. The van der Waals surface area contributed by atoms with E-state index in [0.717, 1.165) is 44.4 Å². The number of hydrogen-bond donors (Lipinski definition) is 4. The minimum atomic E-state index is 0.487. The van der Waals surface area contributed by atoms with Crippen LogP contribution >= 0.6 is 0 Å². The van der Waals surface area contributed by atoms with Crippen molar-refractivity contribution < 1.29 is 0 Å². The lowest BCUT2D eigenvalue weighted by atomic mass is 10.0. The molecule has 2 aromatic carbocycles. The molecule has 3 aromatic heterocycles. The summed E-state index contributed by atoms with van der Waals surface area (Å²) in [6, 6.07) is 14.2. The molecule has 0 bridgehead atoms. The van der Waals surface area contributed by atoms with Gasteiger partial charge in [0.25, 0.3) is 0 Å². The summed E-state index contributed by atoms with van der Waals surface area (Å²) in [5, 5.41) is 4.37. The molecule has 0 spiro atoms. The summed E-state index contributed by atoms with van der Waals surface area (Å²) in [7, 11) is 0. The SMILES string of the molecule is Cc1nc(Nc2cccc3[nH]ccc23)nc(N)c1Cc1ccc2nc[nH]c2c1. The molecule has 0 saturated heterocycles. The zero-order chi connectivity index (χ0) is 19.1. The molecule has 28 heavy (non-hydrogen) atoms. The Morgan fingerprint density at radius 3 is 2.86 bits per heavy atom. The molecule has 138 valence electrons. The van der Waals surface area contributed by atoms with E-state index in [1.54, 1.807) is 6.33 Å². The van der Waals surface area contributed by atoms with Gasteiger partial charge in [-0.15, -0.1) is 0 Å². The highest BCUT2D eigenvalue weighted by Crippen LogP contribution is 2.26. The first-order valence-corrected chi connectivity index (χ1v) is 9.05. The lowest BCUT2D eigenvalue weighted by molar-refractivity contribution is 1.03. The number of aromatic amines is 2. The van der Waals surface area contributed by atoms with E-state index < -0.39 is 0 Å². The standard InChI is InChI=1S/C21H19N7/c1-12-15(9-13-5-6-18-19(10-13)25-11-24-18)20(22)28-21(26-12)27-17-4-2-3-16-14(17)7-8-23-16/h2-8,10-11,23H,9H2,1H3,(H,24,25)(H3,22,26,27,28). The second-order valence-corrected chi connectivity index (χ2v) is 6.80. The van der Waals surface area contributed by atoms with Crippen molar-refractivity contribution in [1.29, 1.82) is 0 Å². The normalized spacial score (nSPS) is 11.3. The van der Waals surface area contributed by atoms with Crippen LogP contribution in [-0.2, 0) is 6.42 Å². The van der Waals surface area contributed by atoms with Gasteiger partial charge >= 0.3 is 0 Å². The van der Waals surface area contributed by atoms with Crippen molar-refractivity contribution in [2.45, 2.75) is 13.3 Å². The van der Waals surface area contributed by atoms with Gasteiger partial charge in [-0.2, -0.15) is 4.98 Å². The van der Waals surface area contributed by atoms with Gasteiger partial charge in [0.1, 0.15) is 5.82 Å². The van der Waals surface area contributed by atoms with Crippen LogP contribution in [0.5, 0.6) is 0 Å².